The van der Waals surface area contributed by atoms with Crippen LogP contribution in [0.4, 0.5) is 0 Å². The summed E-state index contributed by atoms with van der Waals surface area (Å²) in [7, 11) is 1.81. The lowest BCUT2D eigenvalue weighted by Gasteiger charge is -2.18. The molecule has 132 valence electrons. The number of thiophene rings is 1. The summed E-state index contributed by atoms with van der Waals surface area (Å²) in [5.74, 6) is 0.646. The summed E-state index contributed by atoms with van der Waals surface area (Å²) in [6.45, 7) is 5.11. The van der Waals surface area contributed by atoms with Gasteiger partial charge in [0.25, 0.3) is 5.91 Å². The second-order valence-electron chi connectivity index (χ2n) is 6.94. The number of carbonyl (C=O) groups is 1. The van der Waals surface area contributed by atoms with Gasteiger partial charge >= 0.3 is 0 Å². The standard InChI is InChI=1S/C18H23N5OS/c1-4-5-9-22(3)18(24)15-20-16-14-13-11(2)7-6-8-12(13)25-17(14)19-10-23(16)21-15/h10-11H,4-9H2,1-3H3/t11-/m1/s1. The average molecular weight is 357 g/mol. The Morgan fingerprint density at radius 3 is 3.12 bits per heavy atom. The van der Waals surface area contributed by atoms with Gasteiger partial charge in [-0.15, -0.1) is 16.4 Å². The SMILES string of the molecule is CCCCN(C)C(=O)c1nc2c3c4c(sc3ncn2n1)CCC[C@H]4C. The van der Waals surface area contributed by atoms with Crippen molar-refractivity contribution in [2.24, 2.45) is 0 Å². The minimum Gasteiger partial charge on any atom is -0.339 e. The fourth-order valence-corrected chi connectivity index (χ4v) is 4.94. The largest absolute Gasteiger partial charge is 0.339 e. The molecule has 0 saturated carbocycles. The van der Waals surface area contributed by atoms with E-state index in [0.717, 1.165) is 41.7 Å². The Balaban J connectivity index is 1.82. The van der Waals surface area contributed by atoms with Crippen LogP contribution in [0.2, 0.25) is 0 Å². The highest BCUT2D eigenvalue weighted by molar-refractivity contribution is 7.19. The van der Waals surface area contributed by atoms with Crippen LogP contribution in [0.3, 0.4) is 0 Å². The summed E-state index contributed by atoms with van der Waals surface area (Å²) in [5, 5.41) is 5.50. The highest BCUT2D eigenvalue weighted by Crippen LogP contribution is 2.42. The van der Waals surface area contributed by atoms with Gasteiger partial charge in [0.1, 0.15) is 11.2 Å². The number of aromatic nitrogens is 4. The van der Waals surface area contributed by atoms with Gasteiger partial charge in [0, 0.05) is 18.5 Å². The first-order chi connectivity index (χ1) is 12.1. The number of unbranched alkanes of at least 4 members (excludes halogenated alkanes) is 1. The maximum Gasteiger partial charge on any atom is 0.293 e. The molecule has 0 bridgehead atoms. The Morgan fingerprint density at radius 2 is 2.32 bits per heavy atom. The first kappa shape index (κ1) is 16.4. The van der Waals surface area contributed by atoms with Crippen LogP contribution in [0.1, 0.15) is 66.5 Å². The number of rotatable bonds is 4. The van der Waals surface area contributed by atoms with E-state index in [2.05, 4.69) is 28.9 Å². The lowest BCUT2D eigenvalue weighted by molar-refractivity contribution is 0.0781. The van der Waals surface area contributed by atoms with Gasteiger partial charge in [-0.05, 0) is 37.2 Å². The molecule has 1 aliphatic rings. The van der Waals surface area contributed by atoms with Crippen LogP contribution in [0.25, 0.3) is 15.9 Å². The maximum absolute atomic E-state index is 12.6. The van der Waals surface area contributed by atoms with Crippen LogP contribution in [0.5, 0.6) is 0 Å². The second kappa shape index (κ2) is 6.37. The minimum absolute atomic E-state index is 0.123. The molecule has 0 saturated heterocycles. The second-order valence-corrected chi connectivity index (χ2v) is 8.02. The molecule has 0 N–H and O–H groups in total. The van der Waals surface area contributed by atoms with Crippen LogP contribution in [0.15, 0.2) is 6.33 Å². The molecule has 3 aromatic rings. The molecule has 3 heterocycles. The molecular formula is C18H23N5OS. The first-order valence-electron chi connectivity index (χ1n) is 9.02. The van der Waals surface area contributed by atoms with Crippen molar-refractivity contribution in [3.63, 3.8) is 0 Å². The molecule has 1 aliphatic carbocycles. The van der Waals surface area contributed by atoms with Crippen molar-refractivity contribution in [2.45, 2.75) is 51.9 Å². The summed E-state index contributed by atoms with van der Waals surface area (Å²) in [6.07, 6.45) is 7.26. The molecule has 0 aromatic carbocycles. The van der Waals surface area contributed by atoms with E-state index in [0.29, 0.717) is 5.92 Å². The van der Waals surface area contributed by atoms with E-state index < -0.39 is 0 Å². The maximum atomic E-state index is 12.6. The van der Waals surface area contributed by atoms with Crippen LogP contribution in [-0.4, -0.2) is 44.0 Å². The van der Waals surface area contributed by atoms with Gasteiger partial charge in [0.15, 0.2) is 5.65 Å². The summed E-state index contributed by atoms with van der Waals surface area (Å²) in [4.78, 5) is 25.9. The Kier molecular flexibility index (Phi) is 4.19. The zero-order valence-corrected chi connectivity index (χ0v) is 15.8. The van der Waals surface area contributed by atoms with Gasteiger partial charge in [0.2, 0.25) is 5.82 Å². The first-order valence-corrected chi connectivity index (χ1v) is 9.84. The molecule has 3 aromatic heterocycles. The number of aryl methyl sites for hydroxylation is 1. The fourth-order valence-electron chi connectivity index (χ4n) is 3.64. The minimum atomic E-state index is -0.123. The van der Waals surface area contributed by atoms with Crippen molar-refractivity contribution < 1.29 is 4.79 Å². The third-order valence-electron chi connectivity index (χ3n) is 5.06. The van der Waals surface area contributed by atoms with Gasteiger partial charge < -0.3 is 4.90 Å². The molecule has 0 aliphatic heterocycles. The predicted molar refractivity (Wildman–Crippen MR) is 99.4 cm³/mol. The lowest BCUT2D eigenvalue weighted by atomic mass is 9.87. The molecule has 6 nitrogen and oxygen atoms in total. The van der Waals surface area contributed by atoms with Crippen molar-refractivity contribution in [1.82, 2.24) is 24.5 Å². The normalized spacial score (nSPS) is 17.2. The van der Waals surface area contributed by atoms with Crippen LogP contribution >= 0.6 is 11.3 Å². The molecule has 7 heteroatoms. The molecule has 1 atom stereocenters. The summed E-state index contributed by atoms with van der Waals surface area (Å²) < 4.78 is 1.66. The van der Waals surface area contributed by atoms with E-state index in [9.17, 15) is 4.79 Å². The van der Waals surface area contributed by atoms with Gasteiger partial charge in [-0.1, -0.05) is 20.3 Å². The van der Waals surface area contributed by atoms with Crippen LogP contribution < -0.4 is 0 Å². The molecule has 1 amide bonds. The fraction of sp³-hybridized carbons (Fsp3) is 0.556. The van der Waals surface area contributed by atoms with Crippen molar-refractivity contribution in [3.8, 4) is 0 Å². The van der Waals surface area contributed by atoms with Crippen molar-refractivity contribution in [2.75, 3.05) is 13.6 Å². The molecule has 0 fully saturated rings. The zero-order valence-electron chi connectivity index (χ0n) is 14.9. The van der Waals surface area contributed by atoms with Crippen LogP contribution in [0, 0.1) is 0 Å². The highest BCUT2D eigenvalue weighted by Gasteiger charge is 2.26. The van der Waals surface area contributed by atoms with E-state index >= 15 is 0 Å². The number of nitrogens with zero attached hydrogens (tertiary/aromatic N) is 5. The molecule has 25 heavy (non-hydrogen) atoms. The van der Waals surface area contributed by atoms with E-state index in [4.69, 9.17) is 0 Å². The zero-order chi connectivity index (χ0) is 17.6. The molecule has 0 spiro atoms. The third-order valence-corrected chi connectivity index (χ3v) is 6.23. The monoisotopic (exact) mass is 357 g/mol. The molecule has 0 unspecified atom stereocenters. The Bertz CT molecular complexity index is 944. The van der Waals surface area contributed by atoms with Crippen molar-refractivity contribution in [3.05, 3.63) is 22.6 Å². The summed E-state index contributed by atoms with van der Waals surface area (Å²) in [6, 6.07) is 0. The third kappa shape index (κ3) is 2.70. The number of hydrogen-bond donors (Lipinski definition) is 0. The Labute approximate surface area is 150 Å². The average Bonchev–Trinajstić information content (AvgIpc) is 3.20. The van der Waals surface area contributed by atoms with E-state index in [-0.39, 0.29) is 11.7 Å². The summed E-state index contributed by atoms with van der Waals surface area (Å²) in [5.41, 5.74) is 2.14. The van der Waals surface area contributed by atoms with Gasteiger partial charge in [-0.25, -0.2) is 14.5 Å². The predicted octanol–water partition coefficient (Wildman–Crippen LogP) is 3.65. The number of hydrogen-bond acceptors (Lipinski definition) is 5. The Hall–Kier alpha value is -2.02. The number of fused-ring (bicyclic) bond motifs is 5. The van der Waals surface area contributed by atoms with E-state index in [1.54, 1.807) is 27.1 Å². The topological polar surface area (TPSA) is 63.4 Å². The molecular weight excluding hydrogens is 334 g/mol. The quantitative estimate of drug-likeness (QED) is 0.715. The molecule has 0 radical (unpaired) electrons. The lowest BCUT2D eigenvalue weighted by Crippen LogP contribution is -2.28. The van der Waals surface area contributed by atoms with Crippen LogP contribution in [-0.2, 0) is 6.42 Å². The number of carbonyl (C=O) groups excluding carboxylic acids is 1. The molecule has 4 rings (SSSR count). The van der Waals surface area contributed by atoms with Gasteiger partial charge in [0.05, 0.1) is 5.39 Å². The smallest absolute Gasteiger partial charge is 0.293 e. The number of amides is 1. The Morgan fingerprint density at radius 1 is 1.48 bits per heavy atom. The van der Waals surface area contributed by atoms with E-state index in [1.807, 2.05) is 7.05 Å². The highest BCUT2D eigenvalue weighted by atomic mass is 32.1. The summed E-state index contributed by atoms with van der Waals surface area (Å²) >= 11 is 1.77. The van der Waals surface area contributed by atoms with E-state index in [1.165, 1.54) is 23.3 Å². The van der Waals surface area contributed by atoms with Crippen molar-refractivity contribution >= 4 is 33.1 Å². The van der Waals surface area contributed by atoms with Gasteiger partial charge in [-0.3, -0.25) is 4.79 Å². The van der Waals surface area contributed by atoms with Crippen molar-refractivity contribution in [1.29, 1.82) is 0 Å². The van der Waals surface area contributed by atoms with Gasteiger partial charge in [-0.2, -0.15) is 0 Å².